The van der Waals surface area contributed by atoms with Crippen molar-refractivity contribution >= 4 is 23.0 Å². The van der Waals surface area contributed by atoms with E-state index in [0.29, 0.717) is 10.9 Å². The first-order valence-corrected chi connectivity index (χ1v) is 12.2. The van der Waals surface area contributed by atoms with Crippen LogP contribution in [-0.4, -0.2) is 33.9 Å². The lowest BCUT2D eigenvalue weighted by atomic mass is 9.96. The van der Waals surface area contributed by atoms with Gasteiger partial charge in [-0.1, -0.05) is 6.07 Å². The summed E-state index contributed by atoms with van der Waals surface area (Å²) in [6, 6.07) is 17.7. The molecule has 1 aliphatic heterocycles. The molecular weight excluding hydrogens is 470 g/mol. The van der Waals surface area contributed by atoms with E-state index in [1.165, 1.54) is 0 Å². The summed E-state index contributed by atoms with van der Waals surface area (Å²) in [7, 11) is 3.30. The van der Waals surface area contributed by atoms with E-state index in [1.807, 2.05) is 54.9 Å². The third kappa shape index (κ3) is 4.07. The van der Waals surface area contributed by atoms with Crippen molar-refractivity contribution in [3.63, 3.8) is 0 Å². The summed E-state index contributed by atoms with van der Waals surface area (Å²) in [6.45, 7) is 6.32. The van der Waals surface area contributed by atoms with Gasteiger partial charge in [0, 0.05) is 29.8 Å². The number of nitrogens with zero attached hydrogens (tertiary/aromatic N) is 4. The Morgan fingerprint density at radius 1 is 0.917 bits per heavy atom. The minimum atomic E-state index is -0.167. The molecule has 2 atom stereocenters. The van der Waals surface area contributed by atoms with E-state index in [-0.39, 0.29) is 12.1 Å². The molecular formula is C28H29N5O2S. The molecule has 4 heterocycles. The summed E-state index contributed by atoms with van der Waals surface area (Å²) in [5.41, 5.74) is 6.27. The Kier molecular flexibility index (Phi) is 6.36. The van der Waals surface area contributed by atoms with Crippen molar-refractivity contribution in [3.05, 3.63) is 95.2 Å². The maximum atomic E-state index is 5.92. The van der Waals surface area contributed by atoms with Crippen molar-refractivity contribution in [1.82, 2.24) is 19.9 Å². The number of benzene rings is 1. The molecule has 36 heavy (non-hydrogen) atoms. The average molecular weight is 500 g/mol. The highest BCUT2D eigenvalue weighted by molar-refractivity contribution is 7.80. The van der Waals surface area contributed by atoms with Crippen LogP contribution < -0.4 is 19.7 Å². The Hall–Kier alpha value is -3.91. The first kappa shape index (κ1) is 23.8. The van der Waals surface area contributed by atoms with E-state index in [2.05, 4.69) is 57.7 Å². The third-order valence-corrected chi connectivity index (χ3v) is 6.98. The van der Waals surface area contributed by atoms with Crippen LogP contribution in [-0.2, 0) is 0 Å². The smallest absolute Gasteiger partial charge is 0.174 e. The molecule has 4 aromatic rings. The van der Waals surface area contributed by atoms with E-state index in [1.54, 1.807) is 14.2 Å². The minimum Gasteiger partial charge on any atom is -0.497 e. The van der Waals surface area contributed by atoms with Gasteiger partial charge in [0.1, 0.15) is 17.3 Å². The van der Waals surface area contributed by atoms with Crippen molar-refractivity contribution in [3.8, 4) is 17.3 Å². The van der Waals surface area contributed by atoms with Crippen molar-refractivity contribution in [2.24, 2.45) is 0 Å². The number of thiocarbonyl (C=S) groups is 1. The quantitative estimate of drug-likeness (QED) is 0.357. The first-order valence-electron chi connectivity index (χ1n) is 11.8. The second kappa shape index (κ2) is 9.62. The van der Waals surface area contributed by atoms with Crippen molar-refractivity contribution in [2.45, 2.75) is 32.9 Å². The Balaban J connectivity index is 1.70. The fourth-order valence-electron chi connectivity index (χ4n) is 5.00. The Labute approximate surface area is 216 Å². The normalized spacial score (nSPS) is 17.2. The van der Waals surface area contributed by atoms with Gasteiger partial charge in [-0.25, -0.2) is 4.98 Å². The monoisotopic (exact) mass is 499 g/mol. The molecule has 0 saturated carbocycles. The third-order valence-electron chi connectivity index (χ3n) is 6.66. The summed E-state index contributed by atoms with van der Waals surface area (Å²) < 4.78 is 13.4. The van der Waals surface area contributed by atoms with E-state index >= 15 is 0 Å². The largest absolute Gasteiger partial charge is 0.497 e. The van der Waals surface area contributed by atoms with Gasteiger partial charge in [-0.2, -0.15) is 0 Å². The predicted octanol–water partition coefficient (Wildman–Crippen LogP) is 5.39. The van der Waals surface area contributed by atoms with Crippen LogP contribution in [0.3, 0.4) is 0 Å². The SMILES string of the molecule is COc1ccc(N2C(=S)N[C@@H](c3ccccn3)[C@@H]2c2cc(C)n(-c3cc(C)ccn3)c2C)c(OC)c1. The summed E-state index contributed by atoms with van der Waals surface area (Å²) in [5.74, 6) is 2.29. The molecule has 1 aliphatic rings. The Morgan fingerprint density at radius 2 is 1.75 bits per heavy atom. The van der Waals surface area contributed by atoms with Crippen LogP contribution in [0.4, 0.5) is 5.69 Å². The lowest BCUT2D eigenvalue weighted by Gasteiger charge is -2.29. The molecule has 8 heteroatoms. The molecule has 1 aromatic carbocycles. The first-order chi connectivity index (χ1) is 17.4. The molecule has 1 saturated heterocycles. The van der Waals surface area contributed by atoms with Crippen molar-refractivity contribution < 1.29 is 9.47 Å². The van der Waals surface area contributed by atoms with Crippen LogP contribution in [0, 0.1) is 20.8 Å². The molecule has 184 valence electrons. The highest BCUT2D eigenvalue weighted by atomic mass is 32.1. The lowest BCUT2D eigenvalue weighted by Crippen LogP contribution is -2.30. The maximum Gasteiger partial charge on any atom is 0.174 e. The van der Waals surface area contributed by atoms with E-state index < -0.39 is 0 Å². The number of pyridine rings is 2. The average Bonchev–Trinajstić information content (AvgIpc) is 3.38. The lowest BCUT2D eigenvalue weighted by molar-refractivity contribution is 0.394. The van der Waals surface area contributed by atoms with Gasteiger partial charge in [0.15, 0.2) is 5.11 Å². The minimum absolute atomic E-state index is 0.162. The van der Waals surface area contributed by atoms with Crippen LogP contribution in [0.5, 0.6) is 11.5 Å². The zero-order valence-corrected chi connectivity index (χ0v) is 21.8. The van der Waals surface area contributed by atoms with Gasteiger partial charge in [-0.05, 0) is 86.6 Å². The summed E-state index contributed by atoms with van der Waals surface area (Å²) >= 11 is 5.92. The van der Waals surface area contributed by atoms with Gasteiger partial charge in [-0.15, -0.1) is 0 Å². The van der Waals surface area contributed by atoms with Crippen molar-refractivity contribution in [1.29, 1.82) is 0 Å². The zero-order valence-electron chi connectivity index (χ0n) is 21.0. The summed E-state index contributed by atoms with van der Waals surface area (Å²) in [6.07, 6.45) is 3.66. The fourth-order valence-corrected chi connectivity index (χ4v) is 5.34. The van der Waals surface area contributed by atoms with E-state index in [4.69, 9.17) is 21.7 Å². The van der Waals surface area contributed by atoms with Crippen LogP contribution >= 0.6 is 12.2 Å². The predicted molar refractivity (Wildman–Crippen MR) is 145 cm³/mol. The van der Waals surface area contributed by atoms with Gasteiger partial charge in [0.2, 0.25) is 0 Å². The number of hydrogen-bond acceptors (Lipinski definition) is 5. The van der Waals surface area contributed by atoms with Gasteiger partial charge in [0.25, 0.3) is 0 Å². The van der Waals surface area contributed by atoms with Crippen LogP contribution in [0.15, 0.2) is 67.0 Å². The van der Waals surface area contributed by atoms with Gasteiger partial charge < -0.3 is 24.3 Å². The standard InChI is InChI=1S/C28H29N5O2S/c1-17-11-13-30-25(14-17)32-18(2)15-21(19(32)3)27-26(22-8-6-7-12-29-22)31-28(36)33(27)23-10-9-20(34-4)16-24(23)35-5/h6-16,26-27H,1-5H3,(H,31,36)/t26-,27-/m0/s1. The number of aryl methyl sites for hydroxylation is 2. The van der Waals surface area contributed by atoms with Crippen molar-refractivity contribution in [2.75, 3.05) is 19.1 Å². The highest BCUT2D eigenvalue weighted by Gasteiger charge is 2.43. The zero-order chi connectivity index (χ0) is 25.4. The van der Waals surface area contributed by atoms with Gasteiger partial charge >= 0.3 is 0 Å². The van der Waals surface area contributed by atoms with E-state index in [0.717, 1.165) is 45.5 Å². The molecule has 0 radical (unpaired) electrons. The number of anilines is 1. The number of rotatable bonds is 6. The Morgan fingerprint density at radius 3 is 2.44 bits per heavy atom. The van der Waals surface area contributed by atoms with Crippen LogP contribution in [0.25, 0.3) is 5.82 Å². The maximum absolute atomic E-state index is 5.92. The fraction of sp³-hybridized carbons (Fsp3) is 0.250. The number of ether oxygens (including phenoxy) is 2. The molecule has 1 fully saturated rings. The number of nitrogens with one attached hydrogen (secondary N) is 1. The second-order valence-corrected chi connectivity index (χ2v) is 9.27. The van der Waals surface area contributed by atoms with E-state index in [9.17, 15) is 0 Å². The summed E-state index contributed by atoms with van der Waals surface area (Å²) in [4.78, 5) is 11.5. The topological polar surface area (TPSA) is 64.4 Å². The number of aromatic nitrogens is 3. The molecule has 0 bridgehead atoms. The number of hydrogen-bond donors (Lipinski definition) is 1. The molecule has 3 aromatic heterocycles. The molecule has 1 N–H and O–H groups in total. The molecule has 0 spiro atoms. The highest BCUT2D eigenvalue weighted by Crippen LogP contribution is 2.46. The van der Waals surface area contributed by atoms with Crippen LogP contribution in [0.1, 0.15) is 40.3 Å². The second-order valence-electron chi connectivity index (χ2n) is 8.89. The Bertz CT molecular complexity index is 1420. The van der Waals surface area contributed by atoms with Gasteiger partial charge in [0.05, 0.1) is 37.7 Å². The molecule has 7 nitrogen and oxygen atoms in total. The van der Waals surface area contributed by atoms with Crippen LogP contribution in [0.2, 0.25) is 0 Å². The number of methoxy groups -OCH3 is 2. The molecule has 0 aliphatic carbocycles. The molecule has 5 rings (SSSR count). The summed E-state index contributed by atoms with van der Waals surface area (Å²) in [5, 5.41) is 4.14. The molecule has 0 unspecified atom stereocenters. The van der Waals surface area contributed by atoms with Gasteiger partial charge in [-0.3, -0.25) is 4.98 Å². The molecule has 0 amide bonds.